The highest BCUT2D eigenvalue weighted by molar-refractivity contribution is 7.88. The van der Waals surface area contributed by atoms with Gasteiger partial charge in [-0.1, -0.05) is 0 Å². The van der Waals surface area contributed by atoms with E-state index in [1.807, 2.05) is 31.7 Å². The second kappa shape index (κ2) is 5.16. The summed E-state index contributed by atoms with van der Waals surface area (Å²) in [5.41, 5.74) is -0.515. The lowest BCUT2D eigenvalue weighted by Crippen LogP contribution is -2.49. The quantitative estimate of drug-likeness (QED) is 0.745. The summed E-state index contributed by atoms with van der Waals surface area (Å²) in [5, 5.41) is 3.18. The minimum atomic E-state index is -3.19. The van der Waals surface area contributed by atoms with E-state index in [1.54, 1.807) is 6.20 Å². The van der Waals surface area contributed by atoms with Crippen LogP contribution in [0.25, 0.3) is 0 Å². The molecule has 7 heteroatoms. The molecule has 0 spiro atoms. The summed E-state index contributed by atoms with van der Waals surface area (Å²) >= 11 is 0. The fourth-order valence-corrected chi connectivity index (χ4v) is 2.67. The van der Waals surface area contributed by atoms with Crippen molar-refractivity contribution in [2.75, 3.05) is 12.8 Å². The van der Waals surface area contributed by atoms with Crippen LogP contribution < -0.4 is 10.0 Å². The molecule has 0 aromatic carbocycles. The standard InChI is InChI=1S/C10H20N4O2S/c1-10(2,13-17(4,15)16)8-11-7-9-12-5-6-14(9)3/h5-6,11,13H,7-8H2,1-4H3. The lowest BCUT2D eigenvalue weighted by atomic mass is 10.1. The van der Waals surface area contributed by atoms with Crippen molar-refractivity contribution >= 4 is 10.0 Å². The molecule has 1 aromatic heterocycles. The van der Waals surface area contributed by atoms with E-state index in [4.69, 9.17) is 0 Å². The van der Waals surface area contributed by atoms with Crippen LogP contribution in [0.3, 0.4) is 0 Å². The van der Waals surface area contributed by atoms with Crippen LogP contribution in [0.4, 0.5) is 0 Å². The summed E-state index contributed by atoms with van der Waals surface area (Å²) in [5.74, 6) is 0.917. The molecule has 1 rings (SSSR count). The van der Waals surface area contributed by atoms with Crippen LogP contribution in [0.1, 0.15) is 19.7 Å². The monoisotopic (exact) mass is 260 g/mol. The van der Waals surface area contributed by atoms with Gasteiger partial charge in [-0.25, -0.2) is 18.1 Å². The molecule has 0 unspecified atom stereocenters. The SMILES string of the molecule is Cn1ccnc1CNCC(C)(C)NS(C)(=O)=O. The molecular weight excluding hydrogens is 240 g/mol. The number of nitrogens with one attached hydrogen (secondary N) is 2. The normalized spacial score (nSPS) is 12.9. The van der Waals surface area contributed by atoms with E-state index in [2.05, 4.69) is 15.0 Å². The Hall–Kier alpha value is -0.920. The smallest absolute Gasteiger partial charge is 0.209 e. The highest BCUT2D eigenvalue weighted by Crippen LogP contribution is 2.02. The summed E-state index contributed by atoms with van der Waals surface area (Å²) in [6, 6.07) is 0. The average Bonchev–Trinajstić information content (AvgIpc) is 2.47. The molecule has 0 saturated carbocycles. The van der Waals surface area contributed by atoms with E-state index < -0.39 is 15.6 Å². The summed E-state index contributed by atoms with van der Waals surface area (Å²) in [7, 11) is -1.26. The van der Waals surface area contributed by atoms with E-state index >= 15 is 0 Å². The van der Waals surface area contributed by atoms with E-state index in [1.165, 1.54) is 0 Å². The van der Waals surface area contributed by atoms with E-state index in [-0.39, 0.29) is 0 Å². The Morgan fingerprint density at radius 1 is 1.47 bits per heavy atom. The van der Waals surface area contributed by atoms with E-state index in [0.29, 0.717) is 13.1 Å². The minimum absolute atomic E-state index is 0.515. The number of rotatable bonds is 6. The summed E-state index contributed by atoms with van der Waals surface area (Å²) in [6.07, 6.45) is 4.77. The third-order valence-electron chi connectivity index (χ3n) is 2.23. The summed E-state index contributed by atoms with van der Waals surface area (Å²) in [6.45, 7) is 4.81. The second-order valence-corrected chi connectivity index (χ2v) is 6.56. The Morgan fingerprint density at radius 3 is 2.59 bits per heavy atom. The number of sulfonamides is 1. The highest BCUT2D eigenvalue weighted by Gasteiger charge is 2.21. The number of hydrogen-bond donors (Lipinski definition) is 2. The molecule has 0 aliphatic rings. The van der Waals surface area contributed by atoms with Gasteiger partial charge in [-0.15, -0.1) is 0 Å². The molecule has 0 atom stereocenters. The van der Waals surface area contributed by atoms with E-state index in [9.17, 15) is 8.42 Å². The topological polar surface area (TPSA) is 76.0 Å². The number of nitrogens with zero attached hydrogens (tertiary/aromatic N) is 2. The van der Waals surface area contributed by atoms with Crippen molar-refractivity contribution < 1.29 is 8.42 Å². The summed E-state index contributed by atoms with van der Waals surface area (Å²) in [4.78, 5) is 4.17. The Balaban J connectivity index is 2.43. The molecule has 0 fully saturated rings. The predicted molar refractivity (Wildman–Crippen MR) is 67.0 cm³/mol. The van der Waals surface area contributed by atoms with Gasteiger partial charge in [0.2, 0.25) is 10.0 Å². The Bertz CT molecular complexity index is 464. The Morgan fingerprint density at radius 2 is 2.12 bits per heavy atom. The first-order chi connectivity index (χ1) is 7.70. The van der Waals surface area contributed by atoms with Gasteiger partial charge in [-0.05, 0) is 13.8 Å². The zero-order valence-electron chi connectivity index (χ0n) is 10.7. The number of aromatic nitrogens is 2. The van der Waals surface area contributed by atoms with Crippen molar-refractivity contribution in [2.24, 2.45) is 7.05 Å². The van der Waals surface area contributed by atoms with Gasteiger partial charge in [0, 0.05) is 31.5 Å². The van der Waals surface area contributed by atoms with Crippen molar-refractivity contribution in [1.29, 1.82) is 0 Å². The first kappa shape index (κ1) is 14.1. The third kappa shape index (κ3) is 5.29. The second-order valence-electron chi connectivity index (χ2n) is 4.82. The molecule has 0 saturated heterocycles. The molecule has 0 radical (unpaired) electrons. The molecule has 1 aromatic rings. The van der Waals surface area contributed by atoms with E-state index in [0.717, 1.165) is 12.1 Å². The molecule has 6 nitrogen and oxygen atoms in total. The van der Waals surface area contributed by atoms with Crippen molar-refractivity contribution in [3.63, 3.8) is 0 Å². The maximum Gasteiger partial charge on any atom is 0.209 e. The lowest BCUT2D eigenvalue weighted by molar-refractivity contribution is 0.417. The van der Waals surface area contributed by atoms with Gasteiger partial charge in [0.15, 0.2) is 0 Å². The Kier molecular flexibility index (Phi) is 4.29. The highest BCUT2D eigenvalue weighted by atomic mass is 32.2. The van der Waals surface area contributed by atoms with Crippen LogP contribution >= 0.6 is 0 Å². The maximum atomic E-state index is 11.1. The predicted octanol–water partition coefficient (Wildman–Crippen LogP) is -0.162. The molecule has 0 bridgehead atoms. The van der Waals surface area contributed by atoms with Crippen LogP contribution in [0, 0.1) is 0 Å². The lowest BCUT2D eigenvalue weighted by Gasteiger charge is -2.25. The number of hydrogen-bond acceptors (Lipinski definition) is 4. The van der Waals surface area contributed by atoms with Crippen molar-refractivity contribution in [1.82, 2.24) is 19.6 Å². The zero-order valence-corrected chi connectivity index (χ0v) is 11.5. The molecule has 0 amide bonds. The molecule has 0 aliphatic heterocycles. The molecule has 0 aliphatic carbocycles. The third-order valence-corrected chi connectivity index (χ3v) is 3.16. The van der Waals surface area contributed by atoms with Gasteiger partial charge in [0.05, 0.1) is 12.8 Å². The molecule has 17 heavy (non-hydrogen) atoms. The van der Waals surface area contributed by atoms with Crippen molar-refractivity contribution in [3.8, 4) is 0 Å². The first-order valence-corrected chi connectivity index (χ1v) is 7.25. The summed E-state index contributed by atoms with van der Waals surface area (Å²) < 4.78 is 26.8. The van der Waals surface area contributed by atoms with Gasteiger partial charge in [-0.3, -0.25) is 0 Å². The molecule has 2 N–H and O–H groups in total. The molecule has 1 heterocycles. The first-order valence-electron chi connectivity index (χ1n) is 5.35. The largest absolute Gasteiger partial charge is 0.337 e. The van der Waals surface area contributed by atoms with Crippen LogP contribution in [0.5, 0.6) is 0 Å². The Labute approximate surface area is 102 Å². The fourth-order valence-electron chi connectivity index (χ4n) is 1.59. The fraction of sp³-hybridized carbons (Fsp3) is 0.700. The average molecular weight is 260 g/mol. The van der Waals surface area contributed by atoms with Crippen molar-refractivity contribution in [3.05, 3.63) is 18.2 Å². The maximum absolute atomic E-state index is 11.1. The zero-order chi connectivity index (χ0) is 13.1. The van der Waals surface area contributed by atoms with Crippen LogP contribution in [0.15, 0.2) is 12.4 Å². The van der Waals surface area contributed by atoms with Gasteiger partial charge in [-0.2, -0.15) is 0 Å². The van der Waals surface area contributed by atoms with Crippen LogP contribution in [-0.4, -0.2) is 36.3 Å². The van der Waals surface area contributed by atoms with Gasteiger partial charge in [0.1, 0.15) is 5.82 Å². The number of aryl methyl sites for hydroxylation is 1. The van der Waals surface area contributed by atoms with Gasteiger partial charge in [0.25, 0.3) is 0 Å². The molecular formula is C10H20N4O2S. The van der Waals surface area contributed by atoms with Gasteiger partial charge < -0.3 is 9.88 Å². The van der Waals surface area contributed by atoms with Gasteiger partial charge >= 0.3 is 0 Å². The van der Waals surface area contributed by atoms with Crippen LogP contribution in [-0.2, 0) is 23.6 Å². The minimum Gasteiger partial charge on any atom is -0.337 e. The van der Waals surface area contributed by atoms with Crippen molar-refractivity contribution in [2.45, 2.75) is 25.9 Å². The van der Waals surface area contributed by atoms with Crippen LogP contribution in [0.2, 0.25) is 0 Å². The molecule has 98 valence electrons. The number of imidazole rings is 1.